The summed E-state index contributed by atoms with van der Waals surface area (Å²) in [6.45, 7) is 7.63. The normalized spacial score (nSPS) is 15.3. The highest BCUT2D eigenvalue weighted by Gasteiger charge is 2.20. The average Bonchev–Trinajstić information content (AvgIpc) is 3.26. The molecule has 1 fully saturated rings. The molecule has 0 radical (unpaired) electrons. The Morgan fingerprint density at radius 2 is 1.94 bits per heavy atom. The van der Waals surface area contributed by atoms with Crippen LogP contribution in [0.15, 0.2) is 36.7 Å². The fraction of sp³-hybridized carbons (Fsp3) is 0.435. The van der Waals surface area contributed by atoms with Crippen LogP contribution >= 0.6 is 11.3 Å². The van der Waals surface area contributed by atoms with Gasteiger partial charge >= 0.3 is 0 Å². The number of pyridine rings is 1. The van der Waals surface area contributed by atoms with Gasteiger partial charge in [0.05, 0.1) is 11.4 Å². The van der Waals surface area contributed by atoms with Gasteiger partial charge in [-0.15, -0.1) is 0 Å². The Morgan fingerprint density at radius 1 is 1.16 bits per heavy atom. The number of hydrogen-bond acceptors (Lipinski definition) is 6. The number of nitrogens with zero attached hydrogens (tertiary/aromatic N) is 4. The van der Waals surface area contributed by atoms with Crippen LogP contribution in [-0.4, -0.2) is 59.7 Å². The highest BCUT2D eigenvalue weighted by molar-refractivity contribution is 7.18. The maximum Gasteiger partial charge on any atom is 0.239 e. The lowest BCUT2D eigenvalue weighted by molar-refractivity contribution is -0.117. The van der Waals surface area contributed by atoms with E-state index in [-0.39, 0.29) is 12.5 Å². The van der Waals surface area contributed by atoms with Gasteiger partial charge in [-0.3, -0.25) is 9.69 Å². The van der Waals surface area contributed by atoms with Crippen LogP contribution in [0.4, 0.5) is 15.3 Å². The van der Waals surface area contributed by atoms with E-state index in [1.807, 2.05) is 23.2 Å². The van der Waals surface area contributed by atoms with Gasteiger partial charge in [0.25, 0.3) is 0 Å². The molecule has 1 N–H and O–H groups in total. The number of likely N-dealkylation sites (tertiary alicyclic amines) is 1. The molecule has 1 aliphatic rings. The molecule has 0 unspecified atom stereocenters. The second kappa shape index (κ2) is 9.70. The van der Waals surface area contributed by atoms with E-state index >= 15 is 0 Å². The summed E-state index contributed by atoms with van der Waals surface area (Å²) < 4.78 is 13.3. The lowest BCUT2D eigenvalue weighted by Crippen LogP contribution is -2.39. The Bertz CT molecular complexity index is 1040. The Kier molecular flexibility index (Phi) is 6.77. The van der Waals surface area contributed by atoms with Crippen molar-refractivity contribution in [3.8, 4) is 10.4 Å². The Labute approximate surface area is 186 Å². The molecule has 0 atom stereocenters. The second-order valence-corrected chi connectivity index (χ2v) is 8.82. The van der Waals surface area contributed by atoms with Crippen molar-refractivity contribution >= 4 is 39.0 Å². The zero-order valence-corrected chi connectivity index (χ0v) is 18.8. The van der Waals surface area contributed by atoms with Gasteiger partial charge in [0, 0.05) is 44.0 Å². The van der Waals surface area contributed by atoms with Gasteiger partial charge < -0.3 is 10.2 Å². The number of anilines is 2. The number of carbonyl (C=O) groups is 1. The minimum Gasteiger partial charge on any atom is -0.349 e. The minimum absolute atomic E-state index is 0.119. The van der Waals surface area contributed by atoms with Crippen LogP contribution in [0.1, 0.15) is 26.7 Å². The molecule has 1 saturated heterocycles. The van der Waals surface area contributed by atoms with Crippen molar-refractivity contribution < 1.29 is 9.18 Å². The number of halogens is 1. The topological polar surface area (TPSA) is 61.4 Å². The van der Waals surface area contributed by atoms with E-state index in [4.69, 9.17) is 0 Å². The molecule has 164 valence electrons. The molecule has 8 heteroatoms. The Morgan fingerprint density at radius 3 is 2.68 bits per heavy atom. The molecule has 0 aliphatic carbocycles. The number of piperidine rings is 1. The van der Waals surface area contributed by atoms with E-state index < -0.39 is 6.17 Å². The lowest BCUT2D eigenvalue weighted by Gasteiger charge is -2.27. The van der Waals surface area contributed by atoms with Crippen LogP contribution < -0.4 is 10.2 Å². The van der Waals surface area contributed by atoms with Gasteiger partial charge in [-0.2, -0.15) is 0 Å². The highest BCUT2D eigenvalue weighted by Crippen LogP contribution is 2.33. The van der Waals surface area contributed by atoms with Gasteiger partial charge in [-0.05, 0) is 49.8 Å². The average molecular weight is 442 g/mol. The molecular formula is C23H28FN5OS. The molecule has 0 saturated carbocycles. The summed E-state index contributed by atoms with van der Waals surface area (Å²) in [6, 6.07) is 8.13. The van der Waals surface area contributed by atoms with Crippen molar-refractivity contribution in [2.75, 3.05) is 42.9 Å². The highest BCUT2D eigenvalue weighted by atomic mass is 32.1. The van der Waals surface area contributed by atoms with E-state index in [2.05, 4.69) is 46.2 Å². The third-order valence-electron chi connectivity index (χ3n) is 5.69. The number of benzene rings is 1. The quantitative estimate of drug-likeness (QED) is 0.582. The SMILES string of the molecule is CCN(CC)c1ncc(-c2ccc3cnc(NC(=O)CN4CCC(F)CC4)cc3c2)s1. The first-order chi connectivity index (χ1) is 15.1. The third-order valence-corrected chi connectivity index (χ3v) is 6.79. The number of carbonyl (C=O) groups excluding carboxylic acids is 1. The summed E-state index contributed by atoms with van der Waals surface area (Å²) in [5.74, 6) is 0.412. The maximum atomic E-state index is 13.3. The van der Waals surface area contributed by atoms with Crippen molar-refractivity contribution in [3.05, 3.63) is 36.7 Å². The molecule has 1 aliphatic heterocycles. The number of aromatic nitrogens is 2. The molecule has 1 amide bonds. The first-order valence-electron chi connectivity index (χ1n) is 10.8. The molecule has 6 nitrogen and oxygen atoms in total. The van der Waals surface area contributed by atoms with Crippen molar-refractivity contribution in [2.45, 2.75) is 32.9 Å². The monoisotopic (exact) mass is 441 g/mol. The standard InChI is InChI=1S/C23H28FN5OS/c1-3-29(4-2)23-26-14-20(31-23)16-5-6-17-13-25-21(12-18(17)11-16)27-22(30)15-28-9-7-19(24)8-10-28/h5-6,11-14,19H,3-4,7-10,15H2,1-2H3,(H,25,27,30). The molecular weight excluding hydrogens is 413 g/mol. The first kappa shape index (κ1) is 21.6. The fourth-order valence-corrected chi connectivity index (χ4v) is 4.89. The summed E-state index contributed by atoms with van der Waals surface area (Å²) in [5, 5.41) is 5.94. The van der Waals surface area contributed by atoms with Crippen molar-refractivity contribution in [3.63, 3.8) is 0 Å². The zero-order valence-electron chi connectivity index (χ0n) is 18.0. The van der Waals surface area contributed by atoms with E-state index in [0.29, 0.717) is 31.7 Å². The van der Waals surface area contributed by atoms with Crippen LogP contribution in [0.2, 0.25) is 0 Å². The summed E-state index contributed by atoms with van der Waals surface area (Å²) in [7, 11) is 0. The van der Waals surface area contributed by atoms with E-state index in [0.717, 1.165) is 39.4 Å². The van der Waals surface area contributed by atoms with Crippen LogP contribution in [0.5, 0.6) is 0 Å². The molecule has 4 rings (SSSR count). The molecule has 2 aromatic heterocycles. The van der Waals surface area contributed by atoms with Crippen LogP contribution in [0.25, 0.3) is 21.2 Å². The Hall–Kier alpha value is -2.58. The van der Waals surface area contributed by atoms with Crippen LogP contribution in [0.3, 0.4) is 0 Å². The number of rotatable bonds is 7. The van der Waals surface area contributed by atoms with E-state index in [9.17, 15) is 9.18 Å². The molecule has 1 aromatic carbocycles. The zero-order chi connectivity index (χ0) is 21.8. The van der Waals surface area contributed by atoms with Gasteiger partial charge in [-0.25, -0.2) is 14.4 Å². The lowest BCUT2D eigenvalue weighted by atomic mass is 10.1. The number of fused-ring (bicyclic) bond motifs is 1. The molecule has 0 spiro atoms. The van der Waals surface area contributed by atoms with E-state index in [1.54, 1.807) is 17.5 Å². The van der Waals surface area contributed by atoms with Crippen LogP contribution in [0, 0.1) is 0 Å². The van der Waals surface area contributed by atoms with Gasteiger partial charge in [0.1, 0.15) is 12.0 Å². The molecule has 31 heavy (non-hydrogen) atoms. The number of nitrogens with one attached hydrogen (secondary N) is 1. The number of thiazole rings is 1. The first-order valence-corrected chi connectivity index (χ1v) is 11.6. The maximum absolute atomic E-state index is 13.3. The van der Waals surface area contributed by atoms with E-state index in [1.165, 1.54) is 0 Å². The predicted octanol–water partition coefficient (Wildman–Crippen LogP) is 4.58. The largest absolute Gasteiger partial charge is 0.349 e. The number of amides is 1. The van der Waals surface area contributed by atoms with Gasteiger partial charge in [-0.1, -0.05) is 23.5 Å². The molecule has 3 aromatic rings. The summed E-state index contributed by atoms with van der Waals surface area (Å²) in [6.07, 6.45) is 3.95. The molecule has 0 bridgehead atoms. The van der Waals surface area contributed by atoms with Crippen LogP contribution in [-0.2, 0) is 4.79 Å². The number of hydrogen-bond donors (Lipinski definition) is 1. The fourth-order valence-electron chi connectivity index (χ4n) is 3.85. The van der Waals surface area contributed by atoms with Crippen molar-refractivity contribution in [1.82, 2.24) is 14.9 Å². The van der Waals surface area contributed by atoms with Gasteiger partial charge in [0.15, 0.2) is 5.13 Å². The number of alkyl halides is 1. The van der Waals surface area contributed by atoms with Gasteiger partial charge in [0.2, 0.25) is 5.91 Å². The second-order valence-electron chi connectivity index (χ2n) is 7.81. The smallest absolute Gasteiger partial charge is 0.239 e. The van der Waals surface area contributed by atoms with Crippen molar-refractivity contribution in [1.29, 1.82) is 0 Å². The summed E-state index contributed by atoms with van der Waals surface area (Å²) >= 11 is 1.68. The Balaban J connectivity index is 1.48. The third kappa shape index (κ3) is 5.19. The van der Waals surface area contributed by atoms with Crippen molar-refractivity contribution in [2.24, 2.45) is 0 Å². The minimum atomic E-state index is -0.739. The summed E-state index contributed by atoms with van der Waals surface area (Å²) in [4.78, 5) is 26.7. The predicted molar refractivity (Wildman–Crippen MR) is 126 cm³/mol. The molecule has 3 heterocycles. The summed E-state index contributed by atoms with van der Waals surface area (Å²) in [5.41, 5.74) is 1.10.